The number of allylic oxidation sites excluding steroid dienone is 1. The molecule has 1 N–H and O–H groups in total. The molecule has 1 atom stereocenters. The van der Waals surface area contributed by atoms with E-state index >= 15 is 0 Å². The van der Waals surface area contributed by atoms with Gasteiger partial charge in [0.2, 0.25) is 5.67 Å². The number of carbonyl (C=O) groups is 1. The van der Waals surface area contributed by atoms with Crippen molar-refractivity contribution < 1.29 is 31.9 Å². The summed E-state index contributed by atoms with van der Waals surface area (Å²) in [5.41, 5.74) is -5.14. The van der Waals surface area contributed by atoms with E-state index < -0.39 is 35.8 Å². The number of aliphatic carboxylic acids is 1. The zero-order valence-electron chi connectivity index (χ0n) is 6.98. The van der Waals surface area contributed by atoms with Crippen LogP contribution in [0, 0.1) is 0 Å². The van der Waals surface area contributed by atoms with Crippen molar-refractivity contribution in [2.45, 2.75) is 18.3 Å². The van der Waals surface area contributed by atoms with Crippen LogP contribution in [0.5, 0.6) is 0 Å². The smallest absolute Gasteiger partial charge is 0.428 e. The summed E-state index contributed by atoms with van der Waals surface area (Å²) in [5.74, 6) is -3.57. The van der Waals surface area contributed by atoms with Gasteiger partial charge in [-0.25, -0.2) is 18.6 Å². The number of nitrogens with zero attached hydrogens (tertiary/aromatic N) is 1. The maximum absolute atomic E-state index is 13.0. The van der Waals surface area contributed by atoms with Crippen molar-refractivity contribution in [1.82, 2.24) is 0 Å². The first kappa shape index (κ1) is 11.6. The van der Waals surface area contributed by atoms with Crippen molar-refractivity contribution in [3.63, 3.8) is 0 Å². The number of carboxylic acid groups (broad SMARTS) is 1. The van der Waals surface area contributed by atoms with Crippen molar-refractivity contribution >= 4 is 12.2 Å². The van der Waals surface area contributed by atoms with Gasteiger partial charge >= 0.3 is 12.1 Å². The molecule has 0 radical (unpaired) electrons. The minimum atomic E-state index is -5.32. The van der Waals surface area contributed by atoms with Gasteiger partial charge in [0, 0.05) is 0 Å². The van der Waals surface area contributed by atoms with Gasteiger partial charge < -0.3 is 5.11 Å². The van der Waals surface area contributed by atoms with Crippen LogP contribution in [0.4, 0.5) is 22.0 Å². The molecule has 15 heavy (non-hydrogen) atoms. The van der Waals surface area contributed by atoms with E-state index in [1.807, 2.05) is 0 Å². The molecule has 0 aliphatic carbocycles. The van der Waals surface area contributed by atoms with Crippen LogP contribution in [-0.4, -0.2) is 29.1 Å². The monoisotopic (exact) mass is 229 g/mol. The lowest BCUT2D eigenvalue weighted by atomic mass is 9.99. The number of hydrogen-bond donors (Lipinski definition) is 1. The Hall–Kier alpha value is -1.47. The second-order valence-corrected chi connectivity index (χ2v) is 2.85. The fourth-order valence-corrected chi connectivity index (χ4v) is 0.937. The quantitative estimate of drug-likeness (QED) is 0.699. The predicted octanol–water partition coefficient (Wildman–Crippen LogP) is 2.00. The van der Waals surface area contributed by atoms with Gasteiger partial charge in [-0.1, -0.05) is 0 Å². The predicted molar refractivity (Wildman–Crippen MR) is 38.8 cm³/mol. The molecule has 0 aromatic carbocycles. The van der Waals surface area contributed by atoms with Crippen molar-refractivity contribution in [2.24, 2.45) is 4.99 Å². The van der Waals surface area contributed by atoms with Gasteiger partial charge in [-0.2, -0.15) is 13.2 Å². The van der Waals surface area contributed by atoms with Gasteiger partial charge in [0.1, 0.15) is 5.83 Å². The number of hydrogen-bond acceptors (Lipinski definition) is 2. The molecule has 0 spiro atoms. The van der Waals surface area contributed by atoms with Gasteiger partial charge in [-0.05, 0) is 0 Å². The number of rotatable bonds is 1. The molecule has 3 nitrogen and oxygen atoms in total. The van der Waals surface area contributed by atoms with Gasteiger partial charge in [-0.15, -0.1) is 0 Å². The lowest BCUT2D eigenvalue weighted by Crippen LogP contribution is -2.44. The van der Waals surface area contributed by atoms with Crippen molar-refractivity contribution in [2.75, 3.05) is 0 Å². The lowest BCUT2D eigenvalue weighted by molar-refractivity contribution is -0.203. The third kappa shape index (κ3) is 1.97. The van der Waals surface area contributed by atoms with Crippen LogP contribution >= 0.6 is 0 Å². The average molecular weight is 229 g/mol. The van der Waals surface area contributed by atoms with Crippen LogP contribution < -0.4 is 0 Å². The molecule has 1 aliphatic rings. The topological polar surface area (TPSA) is 49.7 Å². The maximum Gasteiger partial charge on any atom is 0.428 e. The molecule has 0 saturated carbocycles. The highest BCUT2D eigenvalue weighted by molar-refractivity contribution is 5.91. The largest absolute Gasteiger partial charge is 0.476 e. The molecule has 1 rings (SSSR count). The standard InChI is InChI=1S/C7H4F5NO2/c8-3-1-6(9,7(10,11)12)2-13-4(3)5(14)15/h2H,1H2,(H,14,15). The first-order chi connectivity index (χ1) is 6.67. The molecule has 84 valence electrons. The van der Waals surface area contributed by atoms with Crippen LogP contribution in [0.1, 0.15) is 6.42 Å². The van der Waals surface area contributed by atoms with Crippen LogP contribution in [0.15, 0.2) is 16.5 Å². The minimum absolute atomic E-state index is 0.237. The molecular formula is C7H4F5NO2. The van der Waals surface area contributed by atoms with Crippen LogP contribution in [0.2, 0.25) is 0 Å². The zero-order valence-corrected chi connectivity index (χ0v) is 6.98. The lowest BCUT2D eigenvalue weighted by Gasteiger charge is -2.25. The molecule has 0 bridgehead atoms. The van der Waals surface area contributed by atoms with Gasteiger partial charge in [0.15, 0.2) is 5.70 Å². The SMILES string of the molecule is O=C(O)C1=C(F)CC(F)(C(F)(F)F)C=N1. The number of alkyl halides is 4. The molecule has 0 aromatic heterocycles. The Bertz CT molecular complexity index is 359. The number of carboxylic acids is 1. The Labute approximate surface area is 79.9 Å². The molecule has 1 aliphatic heterocycles. The number of aliphatic imine (C=N–C) groups is 1. The summed E-state index contributed by atoms with van der Waals surface area (Å²) in [7, 11) is 0. The Kier molecular flexibility index (Phi) is 2.54. The Balaban J connectivity index is 3.05. The fraction of sp³-hybridized carbons (Fsp3) is 0.429. The van der Waals surface area contributed by atoms with E-state index in [2.05, 4.69) is 4.99 Å². The molecule has 0 aromatic rings. The molecule has 1 heterocycles. The second-order valence-electron chi connectivity index (χ2n) is 2.85. The Morgan fingerprint density at radius 3 is 2.40 bits per heavy atom. The zero-order chi connectivity index (χ0) is 11.9. The van der Waals surface area contributed by atoms with Crippen LogP contribution in [0.3, 0.4) is 0 Å². The normalized spacial score (nSPS) is 27.0. The van der Waals surface area contributed by atoms with E-state index in [1.54, 1.807) is 0 Å². The third-order valence-corrected chi connectivity index (χ3v) is 1.74. The highest BCUT2D eigenvalue weighted by Gasteiger charge is 2.57. The highest BCUT2D eigenvalue weighted by atomic mass is 19.4. The fourth-order valence-electron chi connectivity index (χ4n) is 0.937. The molecule has 1 unspecified atom stereocenters. The maximum atomic E-state index is 13.0. The first-order valence-electron chi connectivity index (χ1n) is 3.60. The molecule has 0 amide bonds. The summed E-state index contributed by atoms with van der Waals surface area (Å²) < 4.78 is 61.9. The average Bonchev–Trinajstić information content (AvgIpc) is 2.00. The molecular weight excluding hydrogens is 225 g/mol. The van der Waals surface area contributed by atoms with E-state index in [0.29, 0.717) is 0 Å². The van der Waals surface area contributed by atoms with Crippen molar-refractivity contribution in [3.05, 3.63) is 11.5 Å². The van der Waals surface area contributed by atoms with E-state index in [0.717, 1.165) is 0 Å². The molecule has 8 heteroatoms. The van der Waals surface area contributed by atoms with Gasteiger partial charge in [0.05, 0.1) is 12.6 Å². The summed E-state index contributed by atoms with van der Waals surface area (Å²) in [6, 6.07) is 0. The second kappa shape index (κ2) is 3.28. The third-order valence-electron chi connectivity index (χ3n) is 1.74. The van der Waals surface area contributed by atoms with Crippen molar-refractivity contribution in [1.29, 1.82) is 0 Å². The highest BCUT2D eigenvalue weighted by Crippen LogP contribution is 2.40. The van der Waals surface area contributed by atoms with Crippen molar-refractivity contribution in [3.8, 4) is 0 Å². The molecule has 0 saturated heterocycles. The number of halogens is 5. The van der Waals surface area contributed by atoms with E-state index in [-0.39, 0.29) is 6.21 Å². The van der Waals surface area contributed by atoms with E-state index in [4.69, 9.17) is 5.11 Å². The summed E-state index contributed by atoms with van der Waals surface area (Å²) in [5, 5.41) is 8.27. The summed E-state index contributed by atoms with van der Waals surface area (Å²) in [6.45, 7) is 0. The first-order valence-corrected chi connectivity index (χ1v) is 3.60. The van der Waals surface area contributed by atoms with Crippen LogP contribution in [-0.2, 0) is 4.79 Å². The summed E-state index contributed by atoms with van der Waals surface area (Å²) in [6.07, 6.45) is -7.25. The van der Waals surface area contributed by atoms with Gasteiger partial charge in [0.25, 0.3) is 0 Å². The Morgan fingerprint density at radius 1 is 1.53 bits per heavy atom. The van der Waals surface area contributed by atoms with E-state index in [9.17, 15) is 26.7 Å². The summed E-state index contributed by atoms with van der Waals surface area (Å²) >= 11 is 0. The summed E-state index contributed by atoms with van der Waals surface area (Å²) in [4.78, 5) is 12.8. The van der Waals surface area contributed by atoms with E-state index in [1.165, 1.54) is 0 Å². The van der Waals surface area contributed by atoms with Gasteiger partial charge in [-0.3, -0.25) is 0 Å². The minimum Gasteiger partial charge on any atom is -0.476 e. The molecule has 0 fully saturated rings. The van der Waals surface area contributed by atoms with Crippen LogP contribution in [0.25, 0.3) is 0 Å². The Morgan fingerprint density at radius 2 is 2.07 bits per heavy atom.